The maximum atomic E-state index is 13.5. The van der Waals surface area contributed by atoms with Gasteiger partial charge in [-0.25, -0.2) is 4.79 Å². The minimum Gasteiger partial charge on any atom is -0.449 e. The first kappa shape index (κ1) is 28.2. The molecule has 9 heteroatoms. The lowest BCUT2D eigenvalue weighted by atomic mass is 9.86. The average molecular weight is 543 g/mol. The zero-order chi connectivity index (χ0) is 27.3. The van der Waals surface area contributed by atoms with Gasteiger partial charge >= 0.3 is 6.09 Å². The first-order chi connectivity index (χ1) is 18.1. The van der Waals surface area contributed by atoms with Gasteiger partial charge < -0.3 is 20.7 Å². The van der Waals surface area contributed by atoms with Crippen molar-refractivity contribution >= 4 is 29.5 Å². The molecule has 206 valence electrons. The van der Waals surface area contributed by atoms with Gasteiger partial charge in [-0.1, -0.05) is 63.3 Å². The zero-order valence-corrected chi connectivity index (χ0v) is 23.1. The van der Waals surface area contributed by atoms with E-state index in [0.717, 1.165) is 56.9 Å². The van der Waals surface area contributed by atoms with Gasteiger partial charge in [0.1, 0.15) is 18.7 Å². The Hall–Kier alpha value is -2.79. The van der Waals surface area contributed by atoms with E-state index >= 15 is 0 Å². The van der Waals surface area contributed by atoms with E-state index in [-0.39, 0.29) is 36.3 Å². The molecule has 3 amide bonds. The van der Waals surface area contributed by atoms with Crippen LogP contribution in [0.4, 0.5) is 4.79 Å². The van der Waals surface area contributed by atoms with E-state index in [4.69, 9.17) is 16.3 Å². The van der Waals surface area contributed by atoms with Crippen molar-refractivity contribution in [2.24, 2.45) is 11.8 Å². The van der Waals surface area contributed by atoms with Gasteiger partial charge in [0.15, 0.2) is 0 Å². The van der Waals surface area contributed by atoms with Crippen LogP contribution in [-0.2, 0) is 19.7 Å². The van der Waals surface area contributed by atoms with Crippen molar-refractivity contribution in [3.8, 4) is 6.07 Å². The highest BCUT2D eigenvalue weighted by Crippen LogP contribution is 2.46. The van der Waals surface area contributed by atoms with Crippen LogP contribution in [0.2, 0.25) is 5.02 Å². The molecule has 1 unspecified atom stereocenters. The average Bonchev–Trinajstić information content (AvgIpc) is 3.63. The van der Waals surface area contributed by atoms with Crippen molar-refractivity contribution in [1.29, 1.82) is 5.26 Å². The molecule has 3 N–H and O–H groups in total. The molecule has 1 aliphatic heterocycles. The molecule has 3 aliphatic rings. The number of halogens is 1. The highest BCUT2D eigenvalue weighted by molar-refractivity contribution is 6.30. The number of nitriles is 1. The van der Waals surface area contributed by atoms with Crippen molar-refractivity contribution in [3.63, 3.8) is 0 Å². The minimum absolute atomic E-state index is 0.0404. The number of hydrogen-bond donors (Lipinski definition) is 3. The van der Waals surface area contributed by atoms with Crippen molar-refractivity contribution < 1.29 is 19.1 Å². The number of nitrogens with one attached hydrogen (secondary N) is 3. The van der Waals surface area contributed by atoms with Crippen molar-refractivity contribution in [3.05, 3.63) is 34.9 Å². The number of nitrogens with zero attached hydrogens (tertiary/aromatic N) is 1. The van der Waals surface area contributed by atoms with Crippen LogP contribution in [0.1, 0.15) is 83.6 Å². The molecule has 38 heavy (non-hydrogen) atoms. The van der Waals surface area contributed by atoms with Gasteiger partial charge in [0.05, 0.1) is 6.07 Å². The number of hydrogen-bond acceptors (Lipinski definition) is 5. The number of benzene rings is 1. The lowest BCUT2D eigenvalue weighted by molar-refractivity contribution is -0.126. The monoisotopic (exact) mass is 542 g/mol. The lowest BCUT2D eigenvalue weighted by Gasteiger charge is -2.29. The minimum atomic E-state index is -0.807. The van der Waals surface area contributed by atoms with Gasteiger partial charge in [-0.3, -0.25) is 9.59 Å². The first-order valence-corrected chi connectivity index (χ1v) is 14.2. The fraction of sp³-hybridized carbons (Fsp3) is 0.655. The van der Waals surface area contributed by atoms with Crippen LogP contribution in [0.15, 0.2) is 24.3 Å². The van der Waals surface area contributed by atoms with Crippen LogP contribution in [0, 0.1) is 23.2 Å². The smallest absolute Gasteiger partial charge is 0.407 e. The number of alkyl carbamates (subject to hydrolysis) is 1. The van der Waals surface area contributed by atoms with Crippen molar-refractivity contribution in [2.45, 2.75) is 101 Å². The van der Waals surface area contributed by atoms with Gasteiger partial charge in [-0.15, -0.1) is 0 Å². The Labute approximate surface area is 230 Å². The van der Waals surface area contributed by atoms with Gasteiger partial charge in [0.25, 0.3) is 0 Å². The van der Waals surface area contributed by atoms with E-state index in [1.54, 1.807) is 6.07 Å². The van der Waals surface area contributed by atoms with E-state index in [1.165, 1.54) is 0 Å². The third-order valence-corrected chi connectivity index (χ3v) is 8.57. The Balaban J connectivity index is 1.39. The quantitative estimate of drug-likeness (QED) is 0.389. The van der Waals surface area contributed by atoms with Gasteiger partial charge in [-0.2, -0.15) is 5.26 Å². The van der Waals surface area contributed by atoms with Gasteiger partial charge in [-0.05, 0) is 62.1 Å². The second kappa shape index (κ2) is 11.9. The summed E-state index contributed by atoms with van der Waals surface area (Å²) in [6.45, 7) is 4.03. The van der Waals surface area contributed by atoms with Crippen molar-refractivity contribution in [1.82, 2.24) is 16.0 Å². The second-order valence-corrected chi connectivity index (χ2v) is 12.4. The molecular formula is C29H39ClN4O4. The molecule has 2 aliphatic carbocycles. The molecule has 2 saturated carbocycles. The maximum absolute atomic E-state index is 13.5. The standard InChI is InChI=1S/C29H39ClN4O4/c1-28(2,21-10-7-11-22(30)15-21)18-38-27(37)33-24(19-8-5-3-4-6-9-19)26(36)32-23(17-31)14-20-16-29(12-13-29)34-25(20)35/h7,10-11,15,19-20,23-24H,3-6,8-9,12-14,16,18H2,1-2H3,(H,32,36)(H,33,37)(H,34,35)/t20?,23-,24-/m0/s1. The van der Waals surface area contributed by atoms with E-state index < -0.39 is 29.5 Å². The second-order valence-electron chi connectivity index (χ2n) is 11.9. The summed E-state index contributed by atoms with van der Waals surface area (Å²) in [6.07, 6.45) is 8.07. The molecule has 3 atom stereocenters. The molecule has 3 fully saturated rings. The Morgan fingerprint density at radius 2 is 1.92 bits per heavy atom. The first-order valence-electron chi connectivity index (χ1n) is 13.8. The summed E-state index contributed by atoms with van der Waals surface area (Å²) in [7, 11) is 0. The Morgan fingerprint density at radius 3 is 2.53 bits per heavy atom. The molecule has 4 rings (SSSR count). The molecule has 0 radical (unpaired) electrons. The van der Waals surface area contributed by atoms with Crippen LogP contribution in [-0.4, -0.2) is 42.1 Å². The van der Waals surface area contributed by atoms with Gasteiger partial charge in [0.2, 0.25) is 11.8 Å². The summed E-state index contributed by atoms with van der Waals surface area (Å²) >= 11 is 6.14. The van der Waals surface area contributed by atoms with E-state index in [2.05, 4.69) is 22.0 Å². The highest BCUT2D eigenvalue weighted by atomic mass is 35.5. The molecule has 0 bridgehead atoms. The Kier molecular flexibility index (Phi) is 8.87. The summed E-state index contributed by atoms with van der Waals surface area (Å²) in [4.78, 5) is 38.8. The SMILES string of the molecule is CC(C)(COC(=O)N[C@H](C(=O)N[C@H](C#N)CC1CC2(CC2)NC1=O)C1CCCCCC1)c1cccc(Cl)c1. The summed E-state index contributed by atoms with van der Waals surface area (Å²) in [5.41, 5.74) is 0.380. The molecule has 1 aromatic carbocycles. The number of rotatable bonds is 9. The number of carbonyl (C=O) groups is 3. The predicted octanol–water partition coefficient (Wildman–Crippen LogP) is 4.75. The summed E-state index contributed by atoms with van der Waals surface area (Å²) in [5.74, 6) is -0.768. The van der Waals surface area contributed by atoms with Gasteiger partial charge in [0, 0.05) is 21.9 Å². The summed E-state index contributed by atoms with van der Waals surface area (Å²) < 4.78 is 5.60. The third kappa shape index (κ3) is 7.19. The highest BCUT2D eigenvalue weighted by Gasteiger charge is 2.52. The number of ether oxygens (including phenoxy) is 1. The molecule has 8 nitrogen and oxygen atoms in total. The predicted molar refractivity (Wildman–Crippen MR) is 144 cm³/mol. The van der Waals surface area contributed by atoms with E-state index in [9.17, 15) is 19.6 Å². The third-order valence-electron chi connectivity index (χ3n) is 8.34. The molecule has 1 heterocycles. The fourth-order valence-corrected chi connectivity index (χ4v) is 5.98. The molecule has 1 aromatic rings. The van der Waals surface area contributed by atoms with E-state index in [1.807, 2.05) is 32.0 Å². The largest absolute Gasteiger partial charge is 0.449 e. The Morgan fingerprint density at radius 1 is 1.21 bits per heavy atom. The zero-order valence-electron chi connectivity index (χ0n) is 22.4. The lowest BCUT2D eigenvalue weighted by Crippen LogP contribution is -2.53. The summed E-state index contributed by atoms with van der Waals surface area (Å²) in [6, 6.07) is 7.98. The normalized spacial score (nSPS) is 22.5. The van der Waals surface area contributed by atoms with Crippen molar-refractivity contribution in [2.75, 3.05) is 6.61 Å². The molecule has 0 aromatic heterocycles. The topological polar surface area (TPSA) is 120 Å². The summed E-state index contributed by atoms with van der Waals surface area (Å²) in [5, 5.41) is 19.1. The fourth-order valence-electron chi connectivity index (χ4n) is 5.79. The maximum Gasteiger partial charge on any atom is 0.407 e. The van der Waals surface area contributed by atoms with Crippen LogP contribution in [0.5, 0.6) is 0 Å². The van der Waals surface area contributed by atoms with Crippen LogP contribution >= 0.6 is 11.6 Å². The Bertz CT molecular complexity index is 1070. The number of amides is 3. The molecule has 1 saturated heterocycles. The molecule has 1 spiro atoms. The van der Waals surface area contributed by atoms with Crippen LogP contribution < -0.4 is 16.0 Å². The van der Waals surface area contributed by atoms with Crippen LogP contribution in [0.25, 0.3) is 0 Å². The molecular weight excluding hydrogens is 504 g/mol. The van der Waals surface area contributed by atoms with Crippen LogP contribution in [0.3, 0.4) is 0 Å². The van der Waals surface area contributed by atoms with E-state index in [0.29, 0.717) is 11.4 Å². The number of carbonyl (C=O) groups excluding carboxylic acids is 3.